The van der Waals surface area contributed by atoms with Crippen LogP contribution in [0.4, 0.5) is 0 Å². The number of cyclic esters (lactones) is 1. The number of rotatable bonds is 16. The Morgan fingerprint density at radius 1 is 0.679 bits per heavy atom. The highest BCUT2D eigenvalue weighted by Crippen LogP contribution is 2.28. The number of aliphatic hydroxyl groups excluding tert-OH is 3. The van der Waals surface area contributed by atoms with E-state index >= 15 is 0 Å². The first-order valence-electron chi connectivity index (χ1n) is 17.4. The van der Waals surface area contributed by atoms with Crippen molar-refractivity contribution in [2.45, 2.75) is 37.9 Å². The van der Waals surface area contributed by atoms with Crippen LogP contribution in [0.5, 0.6) is 0 Å². The summed E-state index contributed by atoms with van der Waals surface area (Å²) in [6.07, 6.45) is -0.666. The van der Waals surface area contributed by atoms with Crippen LogP contribution >= 0.6 is 0 Å². The summed E-state index contributed by atoms with van der Waals surface area (Å²) in [6.45, 7) is -0.327. The number of carbonyl (C=O) groups excluding carboxylic acids is 7. The maximum atomic E-state index is 12.8. The molecule has 3 aliphatic rings. The molecule has 1 aliphatic carbocycles. The van der Waals surface area contributed by atoms with Crippen molar-refractivity contribution in [1.82, 2.24) is 35.6 Å². The van der Waals surface area contributed by atoms with Gasteiger partial charge in [-0.25, -0.2) is 4.79 Å². The van der Waals surface area contributed by atoms with Gasteiger partial charge in [0.15, 0.2) is 11.9 Å². The lowest BCUT2D eigenvalue weighted by Gasteiger charge is -2.34. The zero-order valence-corrected chi connectivity index (χ0v) is 29.4. The van der Waals surface area contributed by atoms with Crippen LogP contribution in [0.1, 0.15) is 25.7 Å². The molecule has 0 spiro atoms. The molecule has 6 N–H and O–H groups in total. The van der Waals surface area contributed by atoms with Crippen molar-refractivity contribution in [2.75, 3.05) is 98.2 Å². The lowest BCUT2D eigenvalue weighted by atomic mass is 9.81. The van der Waals surface area contributed by atoms with E-state index in [0.29, 0.717) is 32.2 Å². The highest BCUT2D eigenvalue weighted by atomic mass is 16.6. The topological polar surface area (TPSA) is 308 Å². The zero-order valence-electron chi connectivity index (χ0n) is 29.4. The molecule has 1 saturated heterocycles. The number of esters is 1. The SMILES string of the molecule is O=C([O-])CN1CCN(CC(=O)[O-])CCN(CC(=O)NCC(=O)NCC2CCC(C(=O)NCC(O)C3OC(=O)C(O)=C3O)CC2)CCN(CC(=O)[O-])CC1. The van der Waals surface area contributed by atoms with E-state index in [1.54, 1.807) is 14.7 Å². The van der Waals surface area contributed by atoms with Gasteiger partial charge < -0.3 is 65.7 Å². The molecule has 0 aromatic rings. The minimum Gasteiger partial charge on any atom is -0.549 e. The second-order valence-corrected chi connectivity index (χ2v) is 13.4. The van der Waals surface area contributed by atoms with Gasteiger partial charge in [0.25, 0.3) is 0 Å². The van der Waals surface area contributed by atoms with Crippen molar-refractivity contribution in [2.24, 2.45) is 11.8 Å². The monoisotopic (exact) mass is 754 g/mol. The van der Waals surface area contributed by atoms with Gasteiger partial charge in [-0.15, -0.1) is 0 Å². The number of nitrogens with one attached hydrogen (secondary N) is 3. The van der Waals surface area contributed by atoms with Crippen LogP contribution in [-0.4, -0.2) is 187 Å². The van der Waals surface area contributed by atoms with Crippen LogP contribution in [-0.2, 0) is 38.3 Å². The van der Waals surface area contributed by atoms with Gasteiger partial charge in [-0.1, -0.05) is 0 Å². The summed E-state index contributed by atoms with van der Waals surface area (Å²) in [5, 5.41) is 71.1. The molecule has 0 bridgehead atoms. The molecule has 2 fully saturated rings. The third-order valence-electron chi connectivity index (χ3n) is 9.38. The zero-order chi connectivity index (χ0) is 39.1. The normalized spacial score (nSPS) is 23.6. The van der Waals surface area contributed by atoms with Crippen LogP contribution in [0.2, 0.25) is 0 Å². The van der Waals surface area contributed by atoms with Crippen molar-refractivity contribution >= 4 is 41.6 Å². The summed E-state index contributed by atoms with van der Waals surface area (Å²) in [6, 6.07) is 0. The van der Waals surface area contributed by atoms with E-state index in [9.17, 15) is 64.2 Å². The van der Waals surface area contributed by atoms with Crippen molar-refractivity contribution in [3.8, 4) is 0 Å². The summed E-state index contributed by atoms with van der Waals surface area (Å²) >= 11 is 0. The number of aliphatic hydroxyl groups is 3. The highest BCUT2D eigenvalue weighted by molar-refractivity contribution is 5.89. The summed E-state index contributed by atoms with van der Waals surface area (Å²) in [5.74, 6) is -8.48. The Balaban J connectivity index is 1.41. The Labute approximate surface area is 305 Å². The van der Waals surface area contributed by atoms with Crippen LogP contribution < -0.4 is 31.3 Å². The Kier molecular flexibility index (Phi) is 17.1. The van der Waals surface area contributed by atoms with E-state index in [1.165, 1.54) is 4.90 Å². The standard InChI is InChI=1S/C32H51N7O14/c40-22(30-28(49)29(50)32(52)53-30)14-35-31(51)21-3-1-20(2-4-21)13-33-23(41)15-34-24(42)16-36-5-7-37(17-25(43)44)9-11-39(19-27(47)48)12-10-38(8-6-36)18-26(45)46/h20-22,30,40,49-50H,1-19H2,(H,33,41)(H,34,42)(H,35,51)(H,43,44)(H,45,46)(H,47,48)/p-3. The van der Waals surface area contributed by atoms with Crippen LogP contribution in [0.25, 0.3) is 0 Å². The first-order chi connectivity index (χ1) is 25.1. The first kappa shape index (κ1) is 42.8. The fourth-order valence-corrected chi connectivity index (χ4v) is 6.33. The molecule has 0 aromatic heterocycles. The number of carboxylic acid groups (broad SMARTS) is 3. The fraction of sp³-hybridized carbons (Fsp3) is 0.719. The fourth-order valence-electron chi connectivity index (χ4n) is 6.33. The molecule has 3 amide bonds. The van der Waals surface area contributed by atoms with Crippen molar-refractivity contribution in [3.05, 3.63) is 11.5 Å². The Bertz CT molecular complexity index is 1320. The molecule has 1 saturated carbocycles. The number of nitrogens with zero attached hydrogens (tertiary/aromatic N) is 4. The number of carboxylic acids is 3. The predicted octanol–water partition coefficient (Wildman–Crippen LogP) is -7.77. The number of aliphatic carboxylic acids is 3. The first-order valence-corrected chi connectivity index (χ1v) is 17.4. The number of hydrogen-bond acceptors (Lipinski definition) is 18. The molecule has 2 heterocycles. The van der Waals surface area contributed by atoms with Crippen LogP contribution in [0.15, 0.2) is 11.5 Å². The largest absolute Gasteiger partial charge is 0.549 e. The number of ether oxygens (including phenoxy) is 1. The lowest BCUT2D eigenvalue weighted by Crippen LogP contribution is -2.52. The van der Waals surface area contributed by atoms with E-state index in [1.807, 2.05) is 0 Å². The van der Waals surface area contributed by atoms with Crippen molar-refractivity contribution in [3.63, 3.8) is 0 Å². The predicted molar refractivity (Wildman–Crippen MR) is 173 cm³/mol. The van der Waals surface area contributed by atoms with Crippen LogP contribution in [0, 0.1) is 11.8 Å². The minimum atomic E-state index is -1.47. The summed E-state index contributed by atoms with van der Waals surface area (Å²) in [4.78, 5) is 89.6. The van der Waals surface area contributed by atoms with E-state index in [-0.39, 0.29) is 89.7 Å². The van der Waals surface area contributed by atoms with E-state index in [4.69, 9.17) is 0 Å². The highest BCUT2D eigenvalue weighted by Gasteiger charge is 2.39. The van der Waals surface area contributed by atoms with Crippen molar-refractivity contribution < 1.29 is 68.9 Å². The maximum absolute atomic E-state index is 12.8. The molecule has 0 aromatic carbocycles. The molecular weight excluding hydrogens is 706 g/mol. The quantitative estimate of drug-likeness (QED) is 0.0797. The molecular formula is C32H48N7O14-3. The third kappa shape index (κ3) is 15.1. The molecule has 53 heavy (non-hydrogen) atoms. The average Bonchev–Trinajstić information content (AvgIpc) is 3.36. The molecule has 21 heteroatoms. The van der Waals surface area contributed by atoms with E-state index in [2.05, 4.69) is 20.7 Å². The molecule has 2 unspecified atom stereocenters. The summed E-state index contributed by atoms with van der Waals surface area (Å²) < 4.78 is 4.68. The number of amides is 3. The Morgan fingerprint density at radius 2 is 1.13 bits per heavy atom. The van der Waals surface area contributed by atoms with E-state index in [0.717, 1.165) is 0 Å². The van der Waals surface area contributed by atoms with Crippen molar-refractivity contribution in [1.29, 1.82) is 0 Å². The van der Waals surface area contributed by atoms with Gasteiger partial charge in [-0.2, -0.15) is 0 Å². The minimum absolute atomic E-state index is 0.0790. The Hall–Kier alpha value is -4.57. The van der Waals surface area contributed by atoms with Gasteiger partial charge in [0.05, 0.1) is 31.0 Å². The van der Waals surface area contributed by atoms with E-state index < -0.39 is 79.1 Å². The van der Waals surface area contributed by atoms with Gasteiger partial charge in [0.2, 0.25) is 23.5 Å². The molecule has 21 nitrogen and oxygen atoms in total. The van der Waals surface area contributed by atoms with Gasteiger partial charge in [-0.05, 0) is 31.6 Å². The lowest BCUT2D eigenvalue weighted by molar-refractivity contribution is -0.308. The third-order valence-corrected chi connectivity index (χ3v) is 9.38. The smallest absolute Gasteiger partial charge is 0.377 e. The molecule has 2 atom stereocenters. The van der Waals surface area contributed by atoms with Gasteiger partial charge >= 0.3 is 5.97 Å². The van der Waals surface area contributed by atoms with Gasteiger partial charge in [0.1, 0.15) is 6.10 Å². The maximum Gasteiger partial charge on any atom is 0.377 e. The summed E-state index contributed by atoms with van der Waals surface area (Å²) in [7, 11) is 0. The molecule has 2 aliphatic heterocycles. The Morgan fingerprint density at radius 3 is 1.55 bits per heavy atom. The van der Waals surface area contributed by atoms with Crippen LogP contribution in [0.3, 0.4) is 0 Å². The molecule has 3 rings (SSSR count). The summed E-state index contributed by atoms with van der Waals surface area (Å²) in [5.41, 5.74) is 0. The van der Waals surface area contributed by atoms with Gasteiger partial charge in [0, 0.05) is 91.0 Å². The number of hydrogen-bond donors (Lipinski definition) is 6. The number of carbonyl (C=O) groups is 7. The molecule has 0 radical (unpaired) electrons. The van der Waals surface area contributed by atoms with Gasteiger partial charge in [-0.3, -0.25) is 34.0 Å². The molecule has 298 valence electrons. The average molecular weight is 755 g/mol. The second kappa shape index (κ2) is 21.2. The second-order valence-electron chi connectivity index (χ2n) is 13.4.